The molecule has 2 saturated carbocycles. The van der Waals surface area contributed by atoms with Crippen molar-refractivity contribution in [3.8, 4) is 0 Å². The molecule has 4 atom stereocenters. The molecule has 5 rings (SSSR count). The van der Waals surface area contributed by atoms with Gasteiger partial charge in [0.05, 0.1) is 29.0 Å². The Kier molecular flexibility index (Phi) is 5.24. The first-order valence-electron chi connectivity index (χ1n) is 10.2. The van der Waals surface area contributed by atoms with E-state index >= 15 is 0 Å². The quantitative estimate of drug-likeness (QED) is 0.566. The van der Waals surface area contributed by atoms with E-state index in [0.29, 0.717) is 15.6 Å². The smallest absolute Gasteiger partial charge is 0.272 e. The van der Waals surface area contributed by atoms with Gasteiger partial charge in [-0.25, -0.2) is 5.01 Å². The van der Waals surface area contributed by atoms with Crippen molar-refractivity contribution in [2.24, 2.45) is 23.7 Å². The number of halogens is 3. The fraction of sp³-hybridized carbons (Fsp3) is 0.348. The maximum absolute atomic E-state index is 13.6. The number of hydrogen-bond acceptors (Lipinski definition) is 3. The Balaban J connectivity index is 1.55. The number of carbonyl (C=O) groups excluding carboxylic acids is 3. The molecule has 0 unspecified atom stereocenters. The SMILES string of the molecule is O=C(c1ccccc1Cl)N(Cc1ccc(Cl)cc1Cl)N1C(=O)[C@@H]2[C@H]3CC[C@@H](C3)[C@@H]2C1=O. The lowest BCUT2D eigenvalue weighted by Gasteiger charge is -2.32. The van der Waals surface area contributed by atoms with Gasteiger partial charge in [-0.3, -0.25) is 14.4 Å². The van der Waals surface area contributed by atoms with E-state index in [-0.39, 0.29) is 52.6 Å². The summed E-state index contributed by atoms with van der Waals surface area (Å²) in [5.74, 6) is -1.37. The van der Waals surface area contributed by atoms with Gasteiger partial charge in [0, 0.05) is 10.0 Å². The normalized spacial score (nSPS) is 26.5. The van der Waals surface area contributed by atoms with Crippen LogP contribution in [0.1, 0.15) is 35.2 Å². The second-order valence-corrected chi connectivity index (χ2v) is 9.70. The van der Waals surface area contributed by atoms with Crippen LogP contribution in [0.25, 0.3) is 0 Å². The molecule has 2 aromatic carbocycles. The Hall–Kier alpha value is -2.08. The van der Waals surface area contributed by atoms with Crippen molar-refractivity contribution in [1.29, 1.82) is 0 Å². The predicted molar refractivity (Wildman–Crippen MR) is 117 cm³/mol. The molecule has 31 heavy (non-hydrogen) atoms. The van der Waals surface area contributed by atoms with E-state index in [0.717, 1.165) is 24.3 Å². The lowest BCUT2D eigenvalue weighted by molar-refractivity contribution is -0.156. The first kappa shape index (κ1) is 20.8. The molecule has 2 aliphatic carbocycles. The largest absolute Gasteiger partial charge is 0.274 e. The summed E-state index contributed by atoms with van der Waals surface area (Å²) in [5.41, 5.74) is 0.794. The fourth-order valence-electron chi connectivity index (χ4n) is 5.45. The van der Waals surface area contributed by atoms with E-state index in [1.807, 2.05) is 0 Å². The van der Waals surface area contributed by atoms with Gasteiger partial charge in [-0.2, -0.15) is 5.01 Å². The molecule has 2 aromatic rings. The minimum absolute atomic E-state index is 0.0493. The zero-order valence-corrected chi connectivity index (χ0v) is 18.7. The van der Waals surface area contributed by atoms with Crippen LogP contribution in [0.5, 0.6) is 0 Å². The van der Waals surface area contributed by atoms with E-state index in [2.05, 4.69) is 0 Å². The fourth-order valence-corrected chi connectivity index (χ4v) is 6.13. The highest BCUT2D eigenvalue weighted by molar-refractivity contribution is 6.35. The molecule has 5 nitrogen and oxygen atoms in total. The number of amides is 3. The van der Waals surface area contributed by atoms with Crippen LogP contribution >= 0.6 is 34.8 Å². The Bertz CT molecular complexity index is 1080. The zero-order valence-electron chi connectivity index (χ0n) is 16.4. The number of hydrogen-bond donors (Lipinski definition) is 0. The first-order valence-corrected chi connectivity index (χ1v) is 11.4. The van der Waals surface area contributed by atoms with E-state index in [1.165, 1.54) is 5.01 Å². The van der Waals surface area contributed by atoms with Crippen LogP contribution in [0.4, 0.5) is 0 Å². The van der Waals surface area contributed by atoms with Crippen molar-refractivity contribution in [2.45, 2.75) is 25.8 Å². The van der Waals surface area contributed by atoms with Crippen LogP contribution < -0.4 is 0 Å². The number of nitrogens with zero attached hydrogens (tertiary/aromatic N) is 2. The summed E-state index contributed by atoms with van der Waals surface area (Å²) in [5, 5.41) is 3.30. The van der Waals surface area contributed by atoms with Crippen LogP contribution in [-0.4, -0.2) is 27.7 Å². The summed E-state index contributed by atoms with van der Waals surface area (Å²) in [6.07, 6.45) is 2.84. The van der Waals surface area contributed by atoms with Crippen molar-refractivity contribution < 1.29 is 14.4 Å². The van der Waals surface area contributed by atoms with Crippen molar-refractivity contribution in [3.63, 3.8) is 0 Å². The van der Waals surface area contributed by atoms with Gasteiger partial charge in [-0.15, -0.1) is 0 Å². The molecule has 0 N–H and O–H groups in total. The summed E-state index contributed by atoms with van der Waals surface area (Å²) < 4.78 is 0. The average molecular weight is 478 g/mol. The molecule has 0 radical (unpaired) electrons. The van der Waals surface area contributed by atoms with Gasteiger partial charge in [-0.1, -0.05) is 53.0 Å². The van der Waals surface area contributed by atoms with Crippen LogP contribution in [-0.2, 0) is 16.1 Å². The molecule has 0 aromatic heterocycles. The summed E-state index contributed by atoms with van der Waals surface area (Å²) >= 11 is 18.6. The highest BCUT2D eigenvalue weighted by atomic mass is 35.5. The van der Waals surface area contributed by atoms with Gasteiger partial charge >= 0.3 is 0 Å². The molecular weight excluding hydrogens is 459 g/mol. The first-order chi connectivity index (χ1) is 14.9. The van der Waals surface area contributed by atoms with Crippen LogP contribution in [0, 0.1) is 23.7 Å². The Labute approximate surface area is 194 Å². The number of hydrazine groups is 1. The number of rotatable bonds is 4. The topological polar surface area (TPSA) is 57.7 Å². The summed E-state index contributed by atoms with van der Waals surface area (Å²) in [4.78, 5) is 40.4. The van der Waals surface area contributed by atoms with Gasteiger partial charge in [0.15, 0.2) is 0 Å². The van der Waals surface area contributed by atoms with Gasteiger partial charge in [0.1, 0.15) is 0 Å². The molecule has 0 spiro atoms. The standard InChI is InChI=1S/C23H19Cl3N2O3/c24-15-8-7-14(18(26)10-15)11-27(21(29)16-3-1-2-4-17(16)25)28-22(30)19-12-5-6-13(9-12)20(19)23(28)31/h1-4,7-8,10,12-13,19-20H,5-6,9,11H2/t12-,13-,19-,20+/m0/s1. The van der Waals surface area contributed by atoms with Crippen molar-refractivity contribution in [3.05, 3.63) is 68.7 Å². The van der Waals surface area contributed by atoms with Gasteiger partial charge in [0.2, 0.25) is 0 Å². The van der Waals surface area contributed by atoms with Crippen molar-refractivity contribution in [1.82, 2.24) is 10.0 Å². The third-order valence-electron chi connectivity index (χ3n) is 6.82. The van der Waals surface area contributed by atoms with Crippen LogP contribution in [0.3, 0.4) is 0 Å². The third-order valence-corrected chi connectivity index (χ3v) is 7.74. The van der Waals surface area contributed by atoms with Crippen molar-refractivity contribution in [2.75, 3.05) is 0 Å². The summed E-state index contributed by atoms with van der Waals surface area (Å²) in [6, 6.07) is 11.5. The second-order valence-electron chi connectivity index (χ2n) is 8.45. The molecule has 3 aliphatic rings. The number of benzene rings is 2. The molecule has 1 heterocycles. The lowest BCUT2D eigenvalue weighted by Crippen LogP contribution is -2.50. The Morgan fingerprint density at radius 2 is 1.58 bits per heavy atom. The van der Waals surface area contributed by atoms with Crippen molar-refractivity contribution >= 4 is 52.5 Å². The van der Waals surface area contributed by atoms with Gasteiger partial charge in [-0.05, 0) is 60.9 Å². The van der Waals surface area contributed by atoms with E-state index in [9.17, 15) is 14.4 Å². The minimum atomic E-state index is -0.523. The molecule has 8 heteroatoms. The maximum atomic E-state index is 13.6. The monoisotopic (exact) mass is 476 g/mol. The molecular formula is C23H19Cl3N2O3. The number of fused-ring (bicyclic) bond motifs is 5. The Morgan fingerprint density at radius 1 is 0.935 bits per heavy atom. The van der Waals surface area contributed by atoms with E-state index < -0.39 is 5.91 Å². The van der Waals surface area contributed by atoms with Gasteiger partial charge < -0.3 is 0 Å². The maximum Gasteiger partial charge on any atom is 0.274 e. The predicted octanol–water partition coefficient (Wildman–Crippen LogP) is 5.24. The van der Waals surface area contributed by atoms with Gasteiger partial charge in [0.25, 0.3) is 17.7 Å². The minimum Gasteiger partial charge on any atom is -0.272 e. The summed E-state index contributed by atoms with van der Waals surface area (Å²) in [6.45, 7) is -0.0493. The molecule has 1 aliphatic heterocycles. The zero-order chi connectivity index (χ0) is 21.9. The molecule has 3 amide bonds. The molecule has 1 saturated heterocycles. The highest BCUT2D eigenvalue weighted by Crippen LogP contribution is 2.56. The van der Waals surface area contributed by atoms with E-state index in [1.54, 1.807) is 42.5 Å². The number of carbonyl (C=O) groups is 3. The lowest BCUT2D eigenvalue weighted by atomic mass is 9.81. The Morgan fingerprint density at radius 3 is 2.19 bits per heavy atom. The average Bonchev–Trinajstić information content (AvgIpc) is 3.42. The highest BCUT2D eigenvalue weighted by Gasteiger charge is 2.62. The van der Waals surface area contributed by atoms with E-state index in [4.69, 9.17) is 34.8 Å². The molecule has 160 valence electrons. The van der Waals surface area contributed by atoms with Crippen LogP contribution in [0.2, 0.25) is 15.1 Å². The van der Waals surface area contributed by atoms with Crippen LogP contribution in [0.15, 0.2) is 42.5 Å². The third kappa shape index (κ3) is 3.34. The summed E-state index contributed by atoms with van der Waals surface area (Å²) in [7, 11) is 0. The number of imide groups is 1. The molecule has 2 bridgehead atoms. The second kappa shape index (κ2) is 7.80. The molecule has 3 fully saturated rings.